The lowest BCUT2D eigenvalue weighted by molar-refractivity contribution is 0.588. The van der Waals surface area contributed by atoms with Crippen LogP contribution in [-0.2, 0) is 6.42 Å². The largest absolute Gasteiger partial charge is 0.383 e. The van der Waals surface area contributed by atoms with Crippen molar-refractivity contribution >= 4 is 5.82 Å². The van der Waals surface area contributed by atoms with E-state index in [0.29, 0.717) is 5.82 Å². The first-order valence-electron chi connectivity index (χ1n) is 6.24. The van der Waals surface area contributed by atoms with Crippen LogP contribution in [0.2, 0.25) is 0 Å². The zero-order chi connectivity index (χ0) is 13.8. The van der Waals surface area contributed by atoms with Gasteiger partial charge in [-0.25, -0.2) is 9.37 Å². The molecule has 1 aromatic carbocycles. The maximum atomic E-state index is 12.9. The van der Waals surface area contributed by atoms with Crippen LogP contribution >= 0.6 is 0 Å². The molecule has 1 unspecified atom stereocenters. The summed E-state index contributed by atoms with van der Waals surface area (Å²) >= 11 is 0. The molecule has 1 aromatic heterocycles. The molecule has 3 nitrogen and oxygen atoms in total. The summed E-state index contributed by atoms with van der Waals surface area (Å²) in [6.07, 6.45) is 2.50. The Morgan fingerprint density at radius 3 is 2.63 bits per heavy atom. The Hall–Kier alpha value is -1.94. The zero-order valence-corrected chi connectivity index (χ0v) is 11.2. The highest BCUT2D eigenvalue weighted by Gasteiger charge is 2.14. The van der Waals surface area contributed by atoms with Crippen LogP contribution in [0.25, 0.3) is 0 Å². The molecular weight excluding hydrogens is 241 g/mol. The molecule has 0 fully saturated rings. The number of aromatic nitrogens is 1. The maximum Gasteiger partial charge on any atom is 0.128 e. The van der Waals surface area contributed by atoms with Gasteiger partial charge in [0.1, 0.15) is 11.6 Å². The van der Waals surface area contributed by atoms with Crippen LogP contribution in [0.3, 0.4) is 0 Å². The molecule has 0 spiro atoms. The lowest BCUT2D eigenvalue weighted by Gasteiger charge is -2.18. The van der Waals surface area contributed by atoms with Gasteiger partial charge in [0.15, 0.2) is 0 Å². The minimum atomic E-state index is -0.221. The second-order valence-corrected chi connectivity index (χ2v) is 4.66. The molecule has 3 N–H and O–H groups in total. The SMILES string of the molecule is CNC(Cc1ccc(F)cc1)c1cc(C)cnc1N. The summed E-state index contributed by atoms with van der Waals surface area (Å²) in [5.41, 5.74) is 9.04. The quantitative estimate of drug-likeness (QED) is 0.887. The van der Waals surface area contributed by atoms with Gasteiger partial charge in [-0.1, -0.05) is 12.1 Å². The molecule has 0 aliphatic carbocycles. The highest BCUT2D eigenvalue weighted by atomic mass is 19.1. The van der Waals surface area contributed by atoms with Gasteiger partial charge in [-0.15, -0.1) is 0 Å². The number of halogens is 1. The number of aryl methyl sites for hydroxylation is 1. The second kappa shape index (κ2) is 5.80. The van der Waals surface area contributed by atoms with Gasteiger partial charge in [0.2, 0.25) is 0 Å². The minimum Gasteiger partial charge on any atom is -0.383 e. The van der Waals surface area contributed by atoms with E-state index in [1.54, 1.807) is 18.3 Å². The fourth-order valence-electron chi connectivity index (χ4n) is 2.11. The summed E-state index contributed by atoms with van der Waals surface area (Å²) in [7, 11) is 1.88. The van der Waals surface area contributed by atoms with Crippen molar-refractivity contribution in [3.05, 3.63) is 59.0 Å². The number of anilines is 1. The Morgan fingerprint density at radius 2 is 2.00 bits per heavy atom. The van der Waals surface area contributed by atoms with Crippen LogP contribution in [-0.4, -0.2) is 12.0 Å². The first kappa shape index (κ1) is 13.5. The van der Waals surface area contributed by atoms with E-state index in [1.807, 2.05) is 20.0 Å². The lowest BCUT2D eigenvalue weighted by atomic mass is 9.98. The average Bonchev–Trinajstić information content (AvgIpc) is 2.41. The van der Waals surface area contributed by atoms with Crippen molar-refractivity contribution in [3.8, 4) is 0 Å². The summed E-state index contributed by atoms with van der Waals surface area (Å²) in [6.45, 7) is 1.99. The number of nitrogen functional groups attached to an aromatic ring is 1. The number of rotatable bonds is 4. The van der Waals surface area contributed by atoms with E-state index in [9.17, 15) is 4.39 Å². The number of pyridine rings is 1. The molecule has 100 valence electrons. The van der Waals surface area contributed by atoms with Gasteiger partial charge < -0.3 is 11.1 Å². The second-order valence-electron chi connectivity index (χ2n) is 4.66. The van der Waals surface area contributed by atoms with Crippen LogP contribution in [0, 0.1) is 12.7 Å². The van der Waals surface area contributed by atoms with E-state index in [1.165, 1.54) is 12.1 Å². The molecule has 0 aliphatic rings. The van der Waals surface area contributed by atoms with Crippen molar-refractivity contribution in [3.63, 3.8) is 0 Å². The number of nitrogens with two attached hydrogens (primary N) is 1. The van der Waals surface area contributed by atoms with Gasteiger partial charge in [-0.2, -0.15) is 0 Å². The first-order valence-corrected chi connectivity index (χ1v) is 6.24. The molecule has 2 aromatic rings. The molecule has 0 amide bonds. The number of likely N-dealkylation sites (N-methyl/N-ethyl adjacent to an activating group) is 1. The summed E-state index contributed by atoms with van der Waals surface area (Å²) in [4.78, 5) is 4.18. The third-order valence-electron chi connectivity index (χ3n) is 3.16. The van der Waals surface area contributed by atoms with Crippen LogP contribution in [0.4, 0.5) is 10.2 Å². The van der Waals surface area contributed by atoms with Crippen molar-refractivity contribution in [2.24, 2.45) is 0 Å². The van der Waals surface area contributed by atoms with E-state index in [-0.39, 0.29) is 11.9 Å². The van der Waals surface area contributed by atoms with Gasteiger partial charge in [-0.3, -0.25) is 0 Å². The number of hydrogen-bond donors (Lipinski definition) is 2. The molecule has 0 aliphatic heterocycles. The summed E-state index contributed by atoms with van der Waals surface area (Å²) in [5.74, 6) is 0.313. The van der Waals surface area contributed by atoms with Gasteiger partial charge >= 0.3 is 0 Å². The molecule has 4 heteroatoms. The summed E-state index contributed by atoms with van der Waals surface area (Å²) < 4.78 is 12.9. The van der Waals surface area contributed by atoms with E-state index in [2.05, 4.69) is 10.3 Å². The summed E-state index contributed by atoms with van der Waals surface area (Å²) in [5, 5.41) is 3.24. The topological polar surface area (TPSA) is 50.9 Å². The Bertz CT molecular complexity index is 552. The van der Waals surface area contributed by atoms with Gasteiger partial charge in [0, 0.05) is 17.8 Å². The predicted octanol–water partition coefficient (Wildman–Crippen LogP) is 2.61. The molecule has 19 heavy (non-hydrogen) atoms. The zero-order valence-electron chi connectivity index (χ0n) is 11.2. The Balaban J connectivity index is 2.24. The molecule has 0 saturated heterocycles. The molecule has 1 heterocycles. The lowest BCUT2D eigenvalue weighted by Crippen LogP contribution is -2.20. The monoisotopic (exact) mass is 259 g/mol. The molecule has 0 saturated carbocycles. The minimum absolute atomic E-state index is 0.0675. The van der Waals surface area contributed by atoms with Crippen LogP contribution in [0.15, 0.2) is 36.5 Å². The number of benzene rings is 1. The van der Waals surface area contributed by atoms with Crippen molar-refractivity contribution in [2.45, 2.75) is 19.4 Å². The van der Waals surface area contributed by atoms with Gasteiger partial charge in [0.25, 0.3) is 0 Å². The normalized spacial score (nSPS) is 12.4. The van der Waals surface area contributed by atoms with Crippen LogP contribution in [0.5, 0.6) is 0 Å². The van der Waals surface area contributed by atoms with Gasteiger partial charge in [-0.05, 0) is 49.7 Å². The predicted molar refractivity (Wildman–Crippen MR) is 75.3 cm³/mol. The van der Waals surface area contributed by atoms with Crippen molar-refractivity contribution in [2.75, 3.05) is 12.8 Å². The average molecular weight is 259 g/mol. The molecule has 0 radical (unpaired) electrons. The summed E-state index contributed by atoms with van der Waals surface area (Å²) in [6, 6.07) is 8.63. The van der Waals surface area contributed by atoms with Crippen LogP contribution in [0.1, 0.15) is 22.7 Å². The number of hydrogen-bond acceptors (Lipinski definition) is 3. The molecule has 2 rings (SSSR count). The fraction of sp³-hybridized carbons (Fsp3) is 0.267. The maximum absolute atomic E-state index is 12.9. The van der Waals surface area contributed by atoms with E-state index >= 15 is 0 Å². The van der Waals surface area contributed by atoms with E-state index in [0.717, 1.165) is 23.1 Å². The van der Waals surface area contributed by atoms with Crippen molar-refractivity contribution < 1.29 is 4.39 Å². The third kappa shape index (κ3) is 3.29. The van der Waals surface area contributed by atoms with Crippen molar-refractivity contribution in [1.29, 1.82) is 0 Å². The number of nitrogens with one attached hydrogen (secondary N) is 1. The third-order valence-corrected chi connectivity index (χ3v) is 3.16. The Labute approximate surface area is 112 Å². The molecule has 1 atom stereocenters. The highest BCUT2D eigenvalue weighted by Crippen LogP contribution is 2.23. The Morgan fingerprint density at radius 1 is 1.32 bits per heavy atom. The first-order chi connectivity index (χ1) is 9.10. The van der Waals surface area contributed by atoms with Crippen molar-refractivity contribution in [1.82, 2.24) is 10.3 Å². The number of nitrogens with zero attached hydrogens (tertiary/aromatic N) is 1. The van der Waals surface area contributed by atoms with Crippen LogP contribution < -0.4 is 11.1 Å². The highest BCUT2D eigenvalue weighted by molar-refractivity contribution is 5.43. The van der Waals surface area contributed by atoms with E-state index < -0.39 is 0 Å². The fourth-order valence-corrected chi connectivity index (χ4v) is 2.11. The smallest absolute Gasteiger partial charge is 0.128 e. The van der Waals surface area contributed by atoms with E-state index in [4.69, 9.17) is 5.73 Å². The molecule has 0 bridgehead atoms. The Kier molecular flexibility index (Phi) is 4.12. The standard InChI is InChI=1S/C15H18FN3/c1-10-7-13(15(17)19-9-10)14(18-2)8-11-3-5-12(16)6-4-11/h3-7,9,14,18H,8H2,1-2H3,(H2,17,19). The molecular formula is C15H18FN3. The van der Waals surface area contributed by atoms with Gasteiger partial charge in [0.05, 0.1) is 0 Å².